The molecule has 0 bridgehead atoms. The molecule has 0 aliphatic carbocycles. The fourth-order valence-electron chi connectivity index (χ4n) is 1.89. The lowest BCUT2D eigenvalue weighted by atomic mass is 10.0. The third-order valence-electron chi connectivity index (χ3n) is 2.74. The van der Waals surface area contributed by atoms with Gasteiger partial charge in [-0.1, -0.05) is 6.07 Å². The molecule has 2 rings (SSSR count). The van der Waals surface area contributed by atoms with Crippen molar-refractivity contribution >= 4 is 24.8 Å². The van der Waals surface area contributed by atoms with Gasteiger partial charge in [0.15, 0.2) is 0 Å². The van der Waals surface area contributed by atoms with E-state index in [4.69, 9.17) is 4.74 Å². The first-order valence-electron chi connectivity index (χ1n) is 5.62. The molecule has 1 aromatic rings. The summed E-state index contributed by atoms with van der Waals surface area (Å²) in [5.74, 6) is 0.690. The molecule has 5 heteroatoms. The summed E-state index contributed by atoms with van der Waals surface area (Å²) < 4.78 is 5.68. The Hall–Kier alpha value is -0.350. The average Bonchev–Trinajstić information content (AvgIpc) is 2.32. The Labute approximate surface area is 115 Å². The van der Waals surface area contributed by atoms with Gasteiger partial charge in [-0.2, -0.15) is 0 Å². The van der Waals surface area contributed by atoms with Crippen LogP contribution in [-0.4, -0.2) is 24.7 Å². The molecule has 0 aromatic carbocycles. The minimum Gasteiger partial charge on any atom is -0.376 e. The van der Waals surface area contributed by atoms with Crippen molar-refractivity contribution in [2.75, 3.05) is 19.7 Å². The molecular formula is C12H20Cl2N2O. The van der Waals surface area contributed by atoms with Gasteiger partial charge in [-0.3, -0.25) is 4.98 Å². The minimum atomic E-state index is 0. The summed E-state index contributed by atoms with van der Waals surface area (Å²) in [5.41, 5.74) is 1.15. The van der Waals surface area contributed by atoms with E-state index < -0.39 is 0 Å². The maximum atomic E-state index is 5.68. The normalized spacial score (nSPS) is 18.9. The summed E-state index contributed by atoms with van der Waals surface area (Å²) in [6.45, 7) is 3.82. The largest absolute Gasteiger partial charge is 0.376 e. The number of pyridine rings is 1. The van der Waals surface area contributed by atoms with Crippen LogP contribution in [0, 0.1) is 5.92 Å². The summed E-state index contributed by atoms with van der Waals surface area (Å²) in [5, 5.41) is 3.39. The van der Waals surface area contributed by atoms with Crippen molar-refractivity contribution < 1.29 is 4.74 Å². The van der Waals surface area contributed by atoms with Crippen LogP contribution in [0.3, 0.4) is 0 Å². The summed E-state index contributed by atoms with van der Waals surface area (Å²) in [7, 11) is 0. The molecule has 2 heterocycles. The third-order valence-corrected chi connectivity index (χ3v) is 2.74. The van der Waals surface area contributed by atoms with E-state index in [0.29, 0.717) is 12.5 Å². The lowest BCUT2D eigenvalue weighted by Gasteiger charge is -2.22. The molecule has 3 nitrogen and oxygen atoms in total. The fraction of sp³-hybridized carbons (Fsp3) is 0.583. The van der Waals surface area contributed by atoms with Crippen LogP contribution in [0.15, 0.2) is 24.5 Å². The Kier molecular flexibility index (Phi) is 9.46. The van der Waals surface area contributed by atoms with Crippen molar-refractivity contribution in [2.24, 2.45) is 5.92 Å². The molecule has 1 fully saturated rings. The molecule has 1 aliphatic heterocycles. The maximum Gasteiger partial charge on any atom is 0.0731 e. The predicted octanol–water partition coefficient (Wildman–Crippen LogP) is 2.44. The topological polar surface area (TPSA) is 34.1 Å². The van der Waals surface area contributed by atoms with E-state index in [1.807, 2.05) is 18.3 Å². The van der Waals surface area contributed by atoms with Crippen LogP contribution in [0.25, 0.3) is 0 Å². The van der Waals surface area contributed by atoms with Crippen LogP contribution in [0.4, 0.5) is 0 Å². The van der Waals surface area contributed by atoms with Crippen molar-refractivity contribution in [1.82, 2.24) is 10.3 Å². The highest BCUT2D eigenvalue weighted by Crippen LogP contribution is 2.11. The number of hydrogen-bond acceptors (Lipinski definition) is 3. The number of ether oxygens (including phenoxy) is 1. The zero-order chi connectivity index (χ0) is 10.3. The highest BCUT2D eigenvalue weighted by atomic mass is 35.5. The van der Waals surface area contributed by atoms with Gasteiger partial charge in [0.05, 0.1) is 13.2 Å². The van der Waals surface area contributed by atoms with Crippen LogP contribution in [-0.2, 0) is 11.3 Å². The number of piperidine rings is 1. The molecule has 98 valence electrons. The molecule has 0 radical (unpaired) electrons. The van der Waals surface area contributed by atoms with Crippen molar-refractivity contribution in [3.8, 4) is 0 Å². The summed E-state index contributed by atoms with van der Waals surface area (Å²) in [6, 6.07) is 3.99. The molecule has 0 saturated carbocycles. The van der Waals surface area contributed by atoms with E-state index in [9.17, 15) is 0 Å². The van der Waals surface area contributed by atoms with E-state index >= 15 is 0 Å². The van der Waals surface area contributed by atoms with Gasteiger partial charge in [0.25, 0.3) is 0 Å². The molecule has 0 spiro atoms. The number of nitrogens with one attached hydrogen (secondary N) is 1. The van der Waals surface area contributed by atoms with E-state index in [1.54, 1.807) is 6.20 Å². The van der Waals surface area contributed by atoms with Crippen molar-refractivity contribution in [1.29, 1.82) is 0 Å². The van der Waals surface area contributed by atoms with Crippen molar-refractivity contribution in [2.45, 2.75) is 19.4 Å². The number of rotatable bonds is 4. The zero-order valence-electron chi connectivity index (χ0n) is 9.80. The molecule has 1 unspecified atom stereocenters. The molecule has 17 heavy (non-hydrogen) atoms. The summed E-state index contributed by atoms with van der Waals surface area (Å²) in [6.07, 6.45) is 6.22. The SMILES string of the molecule is Cl.Cl.c1cncc(COCC2CCCNC2)c1. The van der Waals surface area contributed by atoms with E-state index in [2.05, 4.69) is 10.3 Å². The monoisotopic (exact) mass is 278 g/mol. The van der Waals surface area contributed by atoms with Crippen LogP contribution >= 0.6 is 24.8 Å². The molecule has 1 aliphatic rings. The Morgan fingerprint density at radius 1 is 1.41 bits per heavy atom. The Morgan fingerprint density at radius 2 is 2.29 bits per heavy atom. The number of nitrogens with zero attached hydrogens (tertiary/aromatic N) is 1. The Bertz CT molecular complexity index is 279. The fourth-order valence-corrected chi connectivity index (χ4v) is 1.89. The minimum absolute atomic E-state index is 0. The quantitative estimate of drug-likeness (QED) is 0.919. The van der Waals surface area contributed by atoms with Gasteiger partial charge in [0.2, 0.25) is 0 Å². The van der Waals surface area contributed by atoms with Gasteiger partial charge >= 0.3 is 0 Å². The molecule has 0 amide bonds. The van der Waals surface area contributed by atoms with Crippen LogP contribution in [0.5, 0.6) is 0 Å². The van der Waals surface area contributed by atoms with Gasteiger partial charge in [-0.05, 0) is 36.9 Å². The van der Waals surface area contributed by atoms with E-state index in [0.717, 1.165) is 18.7 Å². The van der Waals surface area contributed by atoms with E-state index in [-0.39, 0.29) is 24.8 Å². The second kappa shape index (κ2) is 9.66. The summed E-state index contributed by atoms with van der Waals surface area (Å²) >= 11 is 0. The lowest BCUT2D eigenvalue weighted by Crippen LogP contribution is -2.32. The number of halogens is 2. The second-order valence-electron chi connectivity index (χ2n) is 4.09. The van der Waals surface area contributed by atoms with E-state index in [1.165, 1.54) is 19.4 Å². The Morgan fingerprint density at radius 3 is 2.94 bits per heavy atom. The van der Waals surface area contributed by atoms with Gasteiger partial charge in [-0.25, -0.2) is 0 Å². The van der Waals surface area contributed by atoms with Gasteiger partial charge in [0, 0.05) is 18.9 Å². The predicted molar refractivity (Wildman–Crippen MR) is 74.0 cm³/mol. The maximum absolute atomic E-state index is 5.68. The molecule has 1 saturated heterocycles. The molecule has 1 N–H and O–H groups in total. The highest BCUT2D eigenvalue weighted by Gasteiger charge is 2.12. The Balaban J connectivity index is 0.00000128. The summed E-state index contributed by atoms with van der Waals surface area (Å²) in [4.78, 5) is 4.06. The first kappa shape index (κ1) is 16.6. The van der Waals surface area contributed by atoms with Crippen LogP contribution in [0.1, 0.15) is 18.4 Å². The average molecular weight is 279 g/mol. The number of hydrogen-bond donors (Lipinski definition) is 1. The first-order valence-corrected chi connectivity index (χ1v) is 5.62. The second-order valence-corrected chi connectivity index (χ2v) is 4.09. The first-order chi connectivity index (χ1) is 7.45. The molecular weight excluding hydrogens is 259 g/mol. The zero-order valence-corrected chi connectivity index (χ0v) is 11.4. The molecule has 1 aromatic heterocycles. The van der Waals surface area contributed by atoms with Crippen molar-refractivity contribution in [3.05, 3.63) is 30.1 Å². The third kappa shape index (κ3) is 6.22. The van der Waals surface area contributed by atoms with Crippen molar-refractivity contribution in [3.63, 3.8) is 0 Å². The smallest absolute Gasteiger partial charge is 0.0731 e. The molecule has 1 atom stereocenters. The number of aromatic nitrogens is 1. The van der Waals surface area contributed by atoms with Crippen LogP contribution in [0.2, 0.25) is 0 Å². The van der Waals surface area contributed by atoms with Gasteiger partial charge < -0.3 is 10.1 Å². The standard InChI is InChI=1S/C12H18N2O.2ClH/c1-3-11(7-13-5-1)9-15-10-12-4-2-6-14-8-12;;/h1,3,5,7,12,14H,2,4,6,8-10H2;2*1H. The van der Waals surface area contributed by atoms with Crippen LogP contribution < -0.4 is 5.32 Å². The van der Waals surface area contributed by atoms with Gasteiger partial charge in [0.1, 0.15) is 0 Å². The lowest BCUT2D eigenvalue weighted by molar-refractivity contribution is 0.0781. The highest BCUT2D eigenvalue weighted by molar-refractivity contribution is 5.85. The van der Waals surface area contributed by atoms with Gasteiger partial charge in [-0.15, -0.1) is 24.8 Å².